The second-order valence-electron chi connectivity index (χ2n) is 8.13. The minimum absolute atomic E-state index is 0.131. The van der Waals surface area contributed by atoms with Gasteiger partial charge in [-0.15, -0.1) is 0 Å². The Bertz CT molecular complexity index is 644. The second kappa shape index (κ2) is 7.27. The van der Waals surface area contributed by atoms with Crippen LogP contribution in [0.15, 0.2) is 0 Å². The molecule has 0 unspecified atom stereocenters. The fourth-order valence-electron chi connectivity index (χ4n) is 4.53. The third-order valence-corrected chi connectivity index (χ3v) is 6.33. The Kier molecular flexibility index (Phi) is 5.01. The van der Waals surface area contributed by atoms with E-state index in [9.17, 15) is 4.79 Å². The van der Waals surface area contributed by atoms with Crippen LogP contribution in [0.25, 0.3) is 0 Å². The van der Waals surface area contributed by atoms with E-state index in [0.29, 0.717) is 18.7 Å². The van der Waals surface area contributed by atoms with Gasteiger partial charge >= 0.3 is 0 Å². The predicted molar refractivity (Wildman–Crippen MR) is 95.6 cm³/mol. The molecule has 3 atom stereocenters. The summed E-state index contributed by atoms with van der Waals surface area (Å²) in [5, 5.41) is 6.97. The van der Waals surface area contributed by atoms with Crippen LogP contribution < -0.4 is 0 Å². The molecular formula is C19H30N4O3. The van der Waals surface area contributed by atoms with Crippen LogP contribution in [0, 0.1) is 12.8 Å². The molecule has 0 radical (unpaired) electrons. The van der Waals surface area contributed by atoms with Gasteiger partial charge in [0.2, 0.25) is 5.91 Å². The van der Waals surface area contributed by atoms with Crippen LogP contribution in [-0.2, 0) is 20.7 Å². The van der Waals surface area contributed by atoms with Gasteiger partial charge in [0.1, 0.15) is 5.82 Å². The predicted octanol–water partition coefficient (Wildman–Crippen LogP) is 2.01. The molecule has 1 saturated heterocycles. The molecule has 2 aliphatic carbocycles. The van der Waals surface area contributed by atoms with E-state index < -0.39 is 0 Å². The van der Waals surface area contributed by atoms with Crippen LogP contribution in [-0.4, -0.2) is 64.0 Å². The molecule has 144 valence electrons. The molecule has 7 nitrogen and oxygen atoms in total. The van der Waals surface area contributed by atoms with Crippen molar-refractivity contribution in [2.75, 3.05) is 20.3 Å². The van der Waals surface area contributed by atoms with Crippen molar-refractivity contribution in [3.63, 3.8) is 0 Å². The number of hydrogen-bond donors (Lipinski definition) is 1. The summed E-state index contributed by atoms with van der Waals surface area (Å²) in [5.41, 5.74) is -0.184. The van der Waals surface area contributed by atoms with E-state index in [1.54, 1.807) is 7.11 Å². The number of methoxy groups -OCH3 is 1. The molecule has 3 fully saturated rings. The summed E-state index contributed by atoms with van der Waals surface area (Å²) in [6.45, 7) is 3.53. The molecule has 1 N–H and O–H groups in total. The van der Waals surface area contributed by atoms with Crippen LogP contribution in [0.4, 0.5) is 0 Å². The minimum Gasteiger partial charge on any atom is -0.378 e. The Morgan fingerprint density at radius 3 is 2.88 bits per heavy atom. The molecule has 1 amide bonds. The largest absolute Gasteiger partial charge is 0.378 e. The fraction of sp³-hybridized carbons (Fsp3) is 0.842. The zero-order valence-corrected chi connectivity index (χ0v) is 15.9. The first kappa shape index (κ1) is 17.9. The number of nitrogens with zero attached hydrogens (tertiary/aromatic N) is 3. The maximum atomic E-state index is 12.9. The van der Waals surface area contributed by atoms with E-state index in [-0.39, 0.29) is 23.7 Å². The third-order valence-electron chi connectivity index (χ3n) is 6.33. The Morgan fingerprint density at radius 1 is 1.35 bits per heavy atom. The molecule has 3 aliphatic rings. The number of amides is 1. The molecule has 0 bridgehead atoms. The van der Waals surface area contributed by atoms with Crippen molar-refractivity contribution in [3.8, 4) is 0 Å². The van der Waals surface area contributed by atoms with Gasteiger partial charge in [-0.1, -0.05) is 0 Å². The molecule has 0 spiro atoms. The van der Waals surface area contributed by atoms with E-state index in [0.717, 1.165) is 50.6 Å². The van der Waals surface area contributed by atoms with Gasteiger partial charge in [0.15, 0.2) is 5.82 Å². The first-order chi connectivity index (χ1) is 12.6. The fourth-order valence-corrected chi connectivity index (χ4v) is 4.53. The number of aromatic amines is 1. The highest BCUT2D eigenvalue weighted by molar-refractivity contribution is 5.77. The van der Waals surface area contributed by atoms with Crippen molar-refractivity contribution in [1.82, 2.24) is 20.1 Å². The van der Waals surface area contributed by atoms with Gasteiger partial charge in [-0.2, -0.15) is 5.10 Å². The van der Waals surface area contributed by atoms with Crippen molar-refractivity contribution in [2.24, 2.45) is 5.92 Å². The van der Waals surface area contributed by atoms with Crippen molar-refractivity contribution < 1.29 is 14.3 Å². The van der Waals surface area contributed by atoms with Crippen LogP contribution in [0.5, 0.6) is 0 Å². The van der Waals surface area contributed by atoms with Gasteiger partial charge in [-0.05, 0) is 51.4 Å². The first-order valence-electron chi connectivity index (χ1n) is 9.94. The number of ether oxygens (including phenoxy) is 2. The molecule has 7 heteroatoms. The molecule has 4 rings (SSSR count). The molecule has 1 aromatic rings. The monoisotopic (exact) mass is 362 g/mol. The van der Waals surface area contributed by atoms with Gasteiger partial charge in [0.25, 0.3) is 0 Å². The number of rotatable bonds is 7. The van der Waals surface area contributed by atoms with Crippen molar-refractivity contribution in [3.05, 3.63) is 11.6 Å². The lowest BCUT2D eigenvalue weighted by Crippen LogP contribution is -2.53. The Labute approximate surface area is 154 Å². The van der Waals surface area contributed by atoms with Crippen molar-refractivity contribution in [1.29, 1.82) is 0 Å². The van der Waals surface area contributed by atoms with Crippen LogP contribution in [0.1, 0.15) is 56.6 Å². The van der Waals surface area contributed by atoms with Gasteiger partial charge in [0.05, 0.1) is 17.7 Å². The Balaban J connectivity index is 1.37. The van der Waals surface area contributed by atoms with E-state index in [1.807, 2.05) is 11.8 Å². The zero-order valence-electron chi connectivity index (χ0n) is 15.9. The van der Waals surface area contributed by atoms with E-state index in [4.69, 9.17) is 9.47 Å². The minimum atomic E-state index is -0.184. The topological polar surface area (TPSA) is 80.3 Å². The van der Waals surface area contributed by atoms with Gasteiger partial charge in [0, 0.05) is 33.1 Å². The van der Waals surface area contributed by atoms with E-state index >= 15 is 0 Å². The lowest BCUT2D eigenvalue weighted by molar-refractivity contribution is -0.141. The van der Waals surface area contributed by atoms with E-state index in [2.05, 4.69) is 15.2 Å². The van der Waals surface area contributed by atoms with Crippen LogP contribution >= 0.6 is 0 Å². The number of aryl methyl sites for hydroxylation is 2. The second-order valence-corrected chi connectivity index (χ2v) is 8.13. The van der Waals surface area contributed by atoms with Gasteiger partial charge in [-0.25, -0.2) is 4.98 Å². The summed E-state index contributed by atoms with van der Waals surface area (Å²) in [6, 6.07) is 0.131. The number of hydrogen-bond acceptors (Lipinski definition) is 5. The Hall–Kier alpha value is -1.47. The number of carbonyl (C=O) groups excluding carboxylic acids is 1. The summed E-state index contributed by atoms with van der Waals surface area (Å²) in [4.78, 5) is 19.2. The van der Waals surface area contributed by atoms with Gasteiger partial charge in [-0.3, -0.25) is 9.89 Å². The number of fused-ring (bicyclic) bond motifs is 1. The lowest BCUT2D eigenvalue weighted by atomic mass is 9.79. The number of likely N-dealkylation sites (tertiary alicyclic amines) is 1. The maximum absolute atomic E-state index is 12.9. The first-order valence-corrected chi connectivity index (χ1v) is 9.94. The Morgan fingerprint density at radius 2 is 2.19 bits per heavy atom. The lowest BCUT2D eigenvalue weighted by Gasteiger charge is -2.43. The molecular weight excluding hydrogens is 332 g/mol. The smallest absolute Gasteiger partial charge is 0.223 e. The standard InChI is InChI=1S/C19H30N4O3/c1-13-20-17(22-21-13)5-6-18(24)23-10-9-19(25-2)8-7-15(11-16(19)23)26-12-14-3-4-14/h14-16H,3-12H2,1-2H3,(H,20,21,22)/t15-,16+,19-/m1/s1. The van der Waals surface area contributed by atoms with Gasteiger partial charge < -0.3 is 14.4 Å². The van der Waals surface area contributed by atoms with Crippen LogP contribution in [0.3, 0.4) is 0 Å². The molecule has 1 aliphatic heterocycles. The average molecular weight is 362 g/mol. The number of nitrogens with one attached hydrogen (secondary N) is 1. The average Bonchev–Trinajstić information content (AvgIpc) is 3.27. The molecule has 26 heavy (non-hydrogen) atoms. The summed E-state index contributed by atoms with van der Waals surface area (Å²) >= 11 is 0. The quantitative estimate of drug-likeness (QED) is 0.802. The summed E-state index contributed by atoms with van der Waals surface area (Å²) < 4.78 is 12.1. The third kappa shape index (κ3) is 3.64. The number of aromatic nitrogens is 3. The number of carbonyl (C=O) groups is 1. The van der Waals surface area contributed by atoms with Crippen LogP contribution in [0.2, 0.25) is 0 Å². The SMILES string of the molecule is CO[C@@]12CC[C@@H](OCC3CC3)C[C@@H]1N(C(=O)CCc1n[nH]c(C)n1)CC2. The molecule has 2 heterocycles. The normalized spacial score (nSPS) is 31.2. The summed E-state index contributed by atoms with van der Waals surface area (Å²) in [5.74, 6) is 2.45. The van der Waals surface area contributed by atoms with E-state index in [1.165, 1.54) is 12.8 Å². The number of H-pyrrole nitrogens is 1. The summed E-state index contributed by atoms with van der Waals surface area (Å²) in [6.07, 6.45) is 7.74. The summed E-state index contributed by atoms with van der Waals surface area (Å²) in [7, 11) is 1.79. The maximum Gasteiger partial charge on any atom is 0.223 e. The zero-order chi connectivity index (χ0) is 18.1. The highest BCUT2D eigenvalue weighted by Crippen LogP contribution is 2.44. The highest BCUT2D eigenvalue weighted by atomic mass is 16.5. The van der Waals surface area contributed by atoms with Crippen molar-refractivity contribution >= 4 is 5.91 Å². The highest BCUT2D eigenvalue weighted by Gasteiger charge is 2.52. The molecule has 2 saturated carbocycles. The van der Waals surface area contributed by atoms with Crippen molar-refractivity contribution in [2.45, 2.75) is 76.0 Å². The molecule has 1 aromatic heterocycles. The molecule has 0 aromatic carbocycles.